The van der Waals surface area contributed by atoms with Gasteiger partial charge in [-0.05, 0) is 43.2 Å². The number of hydrogen-bond acceptors (Lipinski definition) is 5. The molecule has 2 aromatic carbocycles. The number of nitrogens with zero attached hydrogens (tertiary/aromatic N) is 3. The highest BCUT2D eigenvalue weighted by Gasteiger charge is 2.15. The second kappa shape index (κ2) is 10.8. The maximum atomic E-state index is 12.1. The molecule has 0 bridgehead atoms. The SMILES string of the molecule is COc1ccc2c(c1)c(N=NC(=O)CCCCCNC(=O)c1ccccc1Cl)c(O)n2C. The van der Waals surface area contributed by atoms with Gasteiger partial charge in [0.15, 0.2) is 5.69 Å². The van der Waals surface area contributed by atoms with Crippen molar-refractivity contribution in [2.45, 2.75) is 25.7 Å². The summed E-state index contributed by atoms with van der Waals surface area (Å²) in [6.45, 7) is 0.492. The standard InChI is InChI=1S/C23H25ClN4O4/c1-28-19-12-11-15(32-2)14-17(19)21(23(28)31)27-26-20(29)10-4-3-7-13-25-22(30)16-8-5-6-9-18(16)24/h5-6,8-9,11-12,14,31H,3-4,7,10,13H2,1-2H3,(H,25,30). The molecule has 32 heavy (non-hydrogen) atoms. The van der Waals surface area contributed by atoms with Crippen LogP contribution in [0.3, 0.4) is 0 Å². The summed E-state index contributed by atoms with van der Waals surface area (Å²) in [6, 6.07) is 12.2. The van der Waals surface area contributed by atoms with Crippen molar-refractivity contribution in [3.05, 3.63) is 53.1 Å². The molecule has 0 aliphatic carbocycles. The van der Waals surface area contributed by atoms with Gasteiger partial charge in [0.1, 0.15) is 5.75 Å². The van der Waals surface area contributed by atoms with Gasteiger partial charge in [0.2, 0.25) is 5.88 Å². The Kier molecular flexibility index (Phi) is 7.83. The second-order valence-electron chi connectivity index (χ2n) is 7.25. The molecule has 0 fully saturated rings. The number of rotatable bonds is 9. The van der Waals surface area contributed by atoms with E-state index in [4.69, 9.17) is 16.3 Å². The van der Waals surface area contributed by atoms with E-state index in [1.807, 2.05) is 0 Å². The van der Waals surface area contributed by atoms with E-state index in [0.29, 0.717) is 34.7 Å². The molecule has 2 N–H and O–H groups in total. The molecule has 0 spiro atoms. The van der Waals surface area contributed by atoms with Crippen molar-refractivity contribution in [2.75, 3.05) is 13.7 Å². The number of unbranched alkanes of at least 4 members (excludes halogenated alkanes) is 2. The second-order valence-corrected chi connectivity index (χ2v) is 7.66. The van der Waals surface area contributed by atoms with Gasteiger partial charge in [-0.15, -0.1) is 10.2 Å². The van der Waals surface area contributed by atoms with Gasteiger partial charge >= 0.3 is 0 Å². The van der Waals surface area contributed by atoms with Crippen molar-refractivity contribution in [3.63, 3.8) is 0 Å². The van der Waals surface area contributed by atoms with E-state index in [9.17, 15) is 14.7 Å². The zero-order chi connectivity index (χ0) is 23.1. The Morgan fingerprint density at radius 3 is 2.69 bits per heavy atom. The van der Waals surface area contributed by atoms with Gasteiger partial charge in [0, 0.05) is 25.4 Å². The van der Waals surface area contributed by atoms with Crippen LogP contribution in [0.15, 0.2) is 52.7 Å². The molecule has 9 heteroatoms. The molecular formula is C23H25ClN4O4. The number of nitrogens with one attached hydrogen (secondary N) is 1. The lowest BCUT2D eigenvalue weighted by Crippen LogP contribution is -2.24. The topological polar surface area (TPSA) is 105 Å². The maximum Gasteiger partial charge on any atom is 0.264 e. The Hall–Kier alpha value is -3.39. The van der Waals surface area contributed by atoms with Gasteiger partial charge < -0.3 is 19.7 Å². The van der Waals surface area contributed by atoms with Crippen molar-refractivity contribution in [2.24, 2.45) is 17.3 Å². The number of halogens is 1. The summed E-state index contributed by atoms with van der Waals surface area (Å²) < 4.78 is 6.79. The average molecular weight is 457 g/mol. The number of ether oxygens (including phenoxy) is 1. The molecule has 0 aliphatic heterocycles. The first-order valence-electron chi connectivity index (χ1n) is 10.2. The number of methoxy groups -OCH3 is 1. The first-order valence-corrected chi connectivity index (χ1v) is 10.6. The van der Waals surface area contributed by atoms with Crippen LogP contribution in [0.25, 0.3) is 10.9 Å². The molecule has 8 nitrogen and oxygen atoms in total. The van der Waals surface area contributed by atoms with Gasteiger partial charge in [0.05, 0.1) is 23.2 Å². The number of azo groups is 1. The third kappa shape index (κ3) is 5.45. The molecule has 0 radical (unpaired) electrons. The van der Waals surface area contributed by atoms with E-state index < -0.39 is 0 Å². The van der Waals surface area contributed by atoms with Crippen LogP contribution in [0.2, 0.25) is 5.02 Å². The molecule has 2 amide bonds. The molecule has 1 aromatic heterocycles. The predicted molar refractivity (Wildman–Crippen MR) is 123 cm³/mol. The quantitative estimate of drug-likeness (QED) is 0.343. The summed E-state index contributed by atoms with van der Waals surface area (Å²) in [7, 11) is 3.26. The highest BCUT2D eigenvalue weighted by atomic mass is 35.5. The highest BCUT2D eigenvalue weighted by molar-refractivity contribution is 6.33. The summed E-state index contributed by atoms with van der Waals surface area (Å²) >= 11 is 6.01. The lowest BCUT2D eigenvalue weighted by molar-refractivity contribution is -0.118. The zero-order valence-electron chi connectivity index (χ0n) is 18.0. The Morgan fingerprint density at radius 1 is 1.16 bits per heavy atom. The van der Waals surface area contributed by atoms with Crippen LogP contribution in [0.4, 0.5) is 5.69 Å². The number of aryl methyl sites for hydroxylation is 1. The van der Waals surface area contributed by atoms with E-state index >= 15 is 0 Å². The van der Waals surface area contributed by atoms with Crippen molar-refractivity contribution >= 4 is 40.0 Å². The van der Waals surface area contributed by atoms with Crippen LogP contribution < -0.4 is 10.1 Å². The van der Waals surface area contributed by atoms with Crippen LogP contribution in [0.1, 0.15) is 36.0 Å². The summed E-state index contributed by atoms with van der Waals surface area (Å²) in [5.74, 6) is -0.0389. The molecule has 168 valence electrons. The number of fused-ring (bicyclic) bond motifs is 1. The van der Waals surface area contributed by atoms with Crippen molar-refractivity contribution < 1.29 is 19.4 Å². The first kappa shape index (κ1) is 23.3. The van der Waals surface area contributed by atoms with Crippen LogP contribution in [-0.4, -0.2) is 35.1 Å². The van der Waals surface area contributed by atoms with Gasteiger partial charge in [-0.1, -0.05) is 30.2 Å². The predicted octanol–water partition coefficient (Wildman–Crippen LogP) is 5.15. The van der Waals surface area contributed by atoms with E-state index in [2.05, 4.69) is 15.5 Å². The summed E-state index contributed by atoms with van der Waals surface area (Å²) in [4.78, 5) is 24.2. The number of carbonyl (C=O) groups is 2. The Balaban J connectivity index is 1.46. The van der Waals surface area contributed by atoms with Gasteiger partial charge in [-0.2, -0.15) is 0 Å². The fourth-order valence-corrected chi connectivity index (χ4v) is 3.51. The van der Waals surface area contributed by atoms with Crippen molar-refractivity contribution in [1.29, 1.82) is 0 Å². The molecule has 3 rings (SSSR count). The summed E-state index contributed by atoms with van der Waals surface area (Å²) in [5, 5.41) is 22.0. The Bertz CT molecular complexity index is 1160. The minimum absolute atomic E-state index is 0.0703. The van der Waals surface area contributed by atoms with Crippen LogP contribution >= 0.6 is 11.6 Å². The number of aromatic hydroxyl groups is 1. The third-order valence-electron chi connectivity index (χ3n) is 5.08. The molecule has 3 aromatic rings. The van der Waals surface area contributed by atoms with Crippen LogP contribution in [0, 0.1) is 0 Å². The monoisotopic (exact) mass is 456 g/mol. The normalized spacial score (nSPS) is 11.2. The fraction of sp³-hybridized carbons (Fsp3) is 0.304. The van der Waals surface area contributed by atoms with Crippen LogP contribution in [-0.2, 0) is 11.8 Å². The third-order valence-corrected chi connectivity index (χ3v) is 5.41. The molecule has 0 unspecified atom stereocenters. The number of carbonyl (C=O) groups excluding carboxylic acids is 2. The van der Waals surface area contributed by atoms with Gasteiger partial charge in [-0.3, -0.25) is 9.59 Å². The number of amides is 2. The zero-order valence-corrected chi connectivity index (χ0v) is 18.7. The molecule has 0 aliphatic rings. The molecule has 0 atom stereocenters. The first-order chi connectivity index (χ1) is 15.4. The van der Waals surface area contributed by atoms with E-state index in [1.165, 1.54) is 0 Å². The van der Waals surface area contributed by atoms with Crippen LogP contribution in [0.5, 0.6) is 11.6 Å². The Labute approximate surface area is 190 Å². The van der Waals surface area contributed by atoms with Gasteiger partial charge in [0.25, 0.3) is 11.8 Å². The van der Waals surface area contributed by atoms with Crippen molar-refractivity contribution in [3.8, 4) is 11.6 Å². The lowest BCUT2D eigenvalue weighted by atomic mass is 10.1. The smallest absolute Gasteiger partial charge is 0.264 e. The summed E-state index contributed by atoms with van der Waals surface area (Å²) in [5.41, 5.74) is 1.43. The molecular weight excluding hydrogens is 432 g/mol. The Morgan fingerprint density at radius 2 is 1.94 bits per heavy atom. The van der Waals surface area contributed by atoms with E-state index in [0.717, 1.165) is 18.4 Å². The molecule has 0 saturated heterocycles. The fourth-order valence-electron chi connectivity index (χ4n) is 3.29. The molecule has 0 saturated carbocycles. The number of hydrogen-bond donors (Lipinski definition) is 2. The lowest BCUT2D eigenvalue weighted by Gasteiger charge is -2.06. The van der Waals surface area contributed by atoms with E-state index in [-0.39, 0.29) is 29.8 Å². The average Bonchev–Trinajstić information content (AvgIpc) is 3.03. The minimum atomic E-state index is -0.371. The van der Waals surface area contributed by atoms with Gasteiger partial charge in [-0.25, -0.2) is 0 Å². The summed E-state index contributed by atoms with van der Waals surface area (Å²) in [6.07, 6.45) is 2.33. The highest BCUT2D eigenvalue weighted by Crippen LogP contribution is 2.39. The largest absolute Gasteiger partial charge is 0.497 e. The maximum absolute atomic E-state index is 12.1. The number of aromatic nitrogens is 1. The number of benzene rings is 2. The minimum Gasteiger partial charge on any atom is -0.497 e. The molecule has 1 heterocycles. The van der Waals surface area contributed by atoms with Crippen molar-refractivity contribution in [1.82, 2.24) is 9.88 Å². The van der Waals surface area contributed by atoms with E-state index in [1.54, 1.807) is 61.2 Å².